The van der Waals surface area contributed by atoms with E-state index in [-0.39, 0.29) is 24.9 Å². The van der Waals surface area contributed by atoms with Gasteiger partial charge in [0.05, 0.1) is 12.4 Å². The number of terminal acetylenes is 1. The van der Waals surface area contributed by atoms with E-state index in [0.717, 1.165) is 0 Å². The topological polar surface area (TPSA) is 69.7 Å². The quantitative estimate of drug-likeness (QED) is 0.274. The van der Waals surface area contributed by atoms with Crippen molar-refractivity contribution in [2.45, 2.75) is 19.8 Å². The standard InChI is InChI=1S/C9H14O5S/c1-3-6-14-15(11,12)8-5-4-7-13-9(2)10/h1H,4-8H2,2H3. The molecule has 0 radical (unpaired) electrons. The SMILES string of the molecule is C#CCOS(=O)(=O)CCCCOC(C)=O. The largest absolute Gasteiger partial charge is 0.466 e. The smallest absolute Gasteiger partial charge is 0.302 e. The van der Waals surface area contributed by atoms with Crippen molar-refractivity contribution in [1.29, 1.82) is 0 Å². The molecule has 0 amide bonds. The van der Waals surface area contributed by atoms with Crippen LogP contribution in [0.5, 0.6) is 0 Å². The lowest BCUT2D eigenvalue weighted by Crippen LogP contribution is -2.11. The summed E-state index contributed by atoms with van der Waals surface area (Å²) in [5.74, 6) is 1.58. The average Bonchev–Trinajstić information content (AvgIpc) is 2.14. The summed E-state index contributed by atoms with van der Waals surface area (Å²) >= 11 is 0. The summed E-state index contributed by atoms with van der Waals surface area (Å²) in [5.41, 5.74) is 0. The Hall–Kier alpha value is -1.06. The zero-order chi connectivity index (χ0) is 11.7. The van der Waals surface area contributed by atoms with Crippen molar-refractivity contribution in [2.24, 2.45) is 0 Å². The fourth-order valence-corrected chi connectivity index (χ4v) is 1.70. The van der Waals surface area contributed by atoms with Gasteiger partial charge in [-0.3, -0.25) is 8.98 Å². The molecule has 0 aliphatic carbocycles. The van der Waals surface area contributed by atoms with E-state index in [0.29, 0.717) is 12.8 Å². The maximum Gasteiger partial charge on any atom is 0.302 e. The van der Waals surface area contributed by atoms with Gasteiger partial charge in [-0.1, -0.05) is 5.92 Å². The molecular formula is C9H14O5S. The minimum Gasteiger partial charge on any atom is -0.466 e. The predicted octanol–water partition coefficient (Wildman–Crippen LogP) is 0.309. The van der Waals surface area contributed by atoms with Crippen LogP contribution >= 0.6 is 0 Å². The molecule has 0 unspecified atom stereocenters. The van der Waals surface area contributed by atoms with Crippen LogP contribution in [0.4, 0.5) is 0 Å². The molecule has 0 spiro atoms. The van der Waals surface area contributed by atoms with Gasteiger partial charge in [0.1, 0.15) is 6.61 Å². The Morgan fingerprint density at radius 3 is 2.60 bits per heavy atom. The Morgan fingerprint density at radius 1 is 1.40 bits per heavy atom. The van der Waals surface area contributed by atoms with Crippen molar-refractivity contribution in [2.75, 3.05) is 19.0 Å². The number of hydrogen-bond acceptors (Lipinski definition) is 5. The molecule has 0 saturated heterocycles. The molecule has 0 bridgehead atoms. The van der Waals surface area contributed by atoms with Crippen LogP contribution < -0.4 is 0 Å². The summed E-state index contributed by atoms with van der Waals surface area (Å²) in [6.45, 7) is 1.28. The van der Waals surface area contributed by atoms with Gasteiger partial charge in [0.2, 0.25) is 0 Å². The van der Waals surface area contributed by atoms with Gasteiger partial charge in [-0.15, -0.1) is 6.42 Å². The van der Waals surface area contributed by atoms with Crippen LogP contribution in [0.3, 0.4) is 0 Å². The van der Waals surface area contributed by atoms with E-state index in [1.165, 1.54) is 6.92 Å². The molecule has 0 aliphatic heterocycles. The summed E-state index contributed by atoms with van der Waals surface area (Å²) < 4.78 is 31.2. The van der Waals surface area contributed by atoms with Gasteiger partial charge >= 0.3 is 5.97 Å². The highest BCUT2D eigenvalue weighted by Crippen LogP contribution is 1.99. The molecule has 5 nitrogen and oxygen atoms in total. The number of ether oxygens (including phenoxy) is 1. The van der Waals surface area contributed by atoms with Crippen molar-refractivity contribution in [3.63, 3.8) is 0 Å². The Bertz CT molecular complexity index is 325. The highest BCUT2D eigenvalue weighted by atomic mass is 32.2. The summed E-state index contributed by atoms with van der Waals surface area (Å²) in [4.78, 5) is 10.4. The van der Waals surface area contributed by atoms with Crippen LogP contribution in [0.15, 0.2) is 0 Å². The second-order valence-electron chi connectivity index (χ2n) is 2.78. The Balaban J connectivity index is 3.58. The molecule has 0 saturated carbocycles. The van der Waals surface area contributed by atoms with Crippen molar-refractivity contribution < 1.29 is 22.1 Å². The van der Waals surface area contributed by atoms with E-state index in [9.17, 15) is 13.2 Å². The fourth-order valence-electron chi connectivity index (χ4n) is 0.780. The third-order valence-electron chi connectivity index (χ3n) is 1.42. The molecule has 0 aromatic rings. The Morgan fingerprint density at radius 2 is 2.07 bits per heavy atom. The molecule has 0 rings (SSSR count). The van der Waals surface area contributed by atoms with Crippen molar-refractivity contribution in [3.8, 4) is 12.3 Å². The number of unbranched alkanes of at least 4 members (excludes halogenated alkanes) is 1. The van der Waals surface area contributed by atoms with E-state index in [4.69, 9.17) is 6.42 Å². The molecule has 0 aromatic carbocycles. The molecule has 86 valence electrons. The lowest BCUT2D eigenvalue weighted by atomic mass is 10.4. The van der Waals surface area contributed by atoms with Crippen molar-refractivity contribution in [3.05, 3.63) is 0 Å². The van der Waals surface area contributed by atoms with Crippen molar-refractivity contribution in [1.82, 2.24) is 0 Å². The number of carbonyl (C=O) groups is 1. The second kappa shape index (κ2) is 7.26. The van der Waals surface area contributed by atoms with Gasteiger partial charge in [-0.05, 0) is 12.8 Å². The van der Waals surface area contributed by atoms with E-state index in [1.807, 2.05) is 0 Å². The van der Waals surface area contributed by atoms with Gasteiger partial charge < -0.3 is 4.74 Å². The highest BCUT2D eigenvalue weighted by Gasteiger charge is 2.09. The molecule has 0 N–H and O–H groups in total. The van der Waals surface area contributed by atoms with Gasteiger partial charge in [0.15, 0.2) is 0 Å². The monoisotopic (exact) mass is 234 g/mol. The van der Waals surface area contributed by atoms with E-state index < -0.39 is 10.1 Å². The average molecular weight is 234 g/mol. The highest BCUT2D eigenvalue weighted by molar-refractivity contribution is 7.86. The van der Waals surface area contributed by atoms with Crippen LogP contribution in [-0.2, 0) is 23.8 Å². The minimum atomic E-state index is -3.53. The molecular weight excluding hydrogens is 220 g/mol. The van der Waals surface area contributed by atoms with Crippen LogP contribution in [0.2, 0.25) is 0 Å². The van der Waals surface area contributed by atoms with Crippen LogP contribution in [0.1, 0.15) is 19.8 Å². The first-order valence-electron chi connectivity index (χ1n) is 4.42. The van der Waals surface area contributed by atoms with Gasteiger partial charge in [-0.25, -0.2) is 0 Å². The Kier molecular flexibility index (Phi) is 6.75. The first-order chi connectivity index (χ1) is 6.98. The van der Waals surface area contributed by atoms with E-state index in [2.05, 4.69) is 14.8 Å². The molecule has 0 heterocycles. The van der Waals surface area contributed by atoms with Gasteiger partial charge in [0.25, 0.3) is 10.1 Å². The first kappa shape index (κ1) is 13.9. The maximum absolute atomic E-state index is 11.1. The van der Waals surface area contributed by atoms with E-state index in [1.54, 1.807) is 0 Å². The summed E-state index contributed by atoms with van der Waals surface area (Å²) in [5, 5.41) is 0. The maximum atomic E-state index is 11.1. The molecule has 15 heavy (non-hydrogen) atoms. The van der Waals surface area contributed by atoms with Crippen LogP contribution in [-0.4, -0.2) is 33.4 Å². The molecule has 6 heteroatoms. The second-order valence-corrected chi connectivity index (χ2v) is 4.53. The van der Waals surface area contributed by atoms with Crippen LogP contribution in [0.25, 0.3) is 0 Å². The summed E-state index contributed by atoms with van der Waals surface area (Å²) in [7, 11) is -3.53. The molecule has 0 aromatic heterocycles. The lowest BCUT2D eigenvalue weighted by Gasteiger charge is -2.03. The lowest BCUT2D eigenvalue weighted by molar-refractivity contribution is -0.141. The van der Waals surface area contributed by atoms with Gasteiger partial charge in [-0.2, -0.15) is 8.42 Å². The summed E-state index contributed by atoms with van der Waals surface area (Å²) in [6.07, 6.45) is 5.71. The normalized spacial score (nSPS) is 10.7. The number of hydrogen-bond donors (Lipinski definition) is 0. The molecule has 0 fully saturated rings. The number of carbonyl (C=O) groups excluding carboxylic acids is 1. The van der Waals surface area contributed by atoms with Crippen LogP contribution in [0, 0.1) is 12.3 Å². The molecule has 0 aliphatic rings. The third-order valence-corrected chi connectivity index (χ3v) is 2.68. The number of rotatable bonds is 7. The fraction of sp³-hybridized carbons (Fsp3) is 0.667. The number of esters is 1. The van der Waals surface area contributed by atoms with Crippen molar-refractivity contribution >= 4 is 16.1 Å². The van der Waals surface area contributed by atoms with E-state index >= 15 is 0 Å². The summed E-state index contributed by atoms with van der Waals surface area (Å²) in [6, 6.07) is 0. The Labute approximate surface area is 89.9 Å². The predicted molar refractivity (Wildman–Crippen MR) is 54.4 cm³/mol. The van der Waals surface area contributed by atoms with Gasteiger partial charge in [0, 0.05) is 6.92 Å². The first-order valence-corrected chi connectivity index (χ1v) is 5.99. The zero-order valence-electron chi connectivity index (χ0n) is 8.56. The third kappa shape index (κ3) is 9.25. The zero-order valence-corrected chi connectivity index (χ0v) is 9.38. The minimum absolute atomic E-state index is 0.115. The molecule has 0 atom stereocenters.